The van der Waals surface area contributed by atoms with Crippen molar-refractivity contribution in [2.75, 3.05) is 12.8 Å². The van der Waals surface area contributed by atoms with Crippen LogP contribution in [-0.4, -0.2) is 29.2 Å². The molecule has 0 saturated heterocycles. The zero-order chi connectivity index (χ0) is 16.2. The van der Waals surface area contributed by atoms with E-state index in [-0.39, 0.29) is 18.7 Å². The van der Waals surface area contributed by atoms with Crippen LogP contribution in [0, 0.1) is 0 Å². The second-order valence-corrected chi connectivity index (χ2v) is 5.90. The Morgan fingerprint density at radius 3 is 2.74 bits per heavy atom. The molecule has 122 valence electrons. The predicted molar refractivity (Wildman–Crippen MR) is 86.6 cm³/mol. The van der Waals surface area contributed by atoms with Gasteiger partial charge < -0.3 is 19.9 Å². The maximum atomic E-state index is 12.1. The Morgan fingerprint density at radius 1 is 1.35 bits per heavy atom. The van der Waals surface area contributed by atoms with Crippen LogP contribution >= 0.6 is 0 Å². The molecule has 0 unspecified atom stereocenters. The third kappa shape index (κ3) is 3.47. The minimum atomic E-state index is -0.317. The van der Waals surface area contributed by atoms with Gasteiger partial charge in [0.2, 0.25) is 0 Å². The third-order valence-corrected chi connectivity index (χ3v) is 4.36. The highest BCUT2D eigenvalue weighted by molar-refractivity contribution is 5.69. The van der Waals surface area contributed by atoms with Crippen LogP contribution in [0.2, 0.25) is 0 Å². The van der Waals surface area contributed by atoms with Gasteiger partial charge in [0.15, 0.2) is 0 Å². The first-order valence-corrected chi connectivity index (χ1v) is 7.84. The number of nitrogen functional groups attached to an aromatic ring is 1. The average molecular weight is 315 g/mol. The minimum Gasteiger partial charge on any atom is -0.443 e. The Labute approximate surface area is 135 Å². The molecule has 2 N–H and O–H groups in total. The molecule has 1 fully saturated rings. The Bertz CT molecular complexity index is 660. The molecule has 23 heavy (non-hydrogen) atoms. The normalized spacial score (nSPS) is 14.8. The number of carbonyl (C=O) groups excluding carboxylic acids is 1. The molecule has 1 aliphatic rings. The molecule has 6 nitrogen and oxygen atoms in total. The van der Waals surface area contributed by atoms with E-state index in [4.69, 9.17) is 15.0 Å². The number of carbonyl (C=O) groups is 1. The molecule has 1 amide bonds. The predicted octanol–water partition coefficient (Wildman–Crippen LogP) is 3.43. The van der Waals surface area contributed by atoms with Gasteiger partial charge in [-0.25, -0.2) is 4.79 Å². The molecule has 2 aromatic rings. The summed E-state index contributed by atoms with van der Waals surface area (Å²) >= 11 is 0. The quantitative estimate of drug-likeness (QED) is 0.874. The van der Waals surface area contributed by atoms with Gasteiger partial charge in [-0.2, -0.15) is 0 Å². The molecule has 1 aromatic carbocycles. The molecular formula is C17H21N3O3. The van der Waals surface area contributed by atoms with E-state index in [1.54, 1.807) is 18.2 Å². The molecule has 0 bridgehead atoms. The van der Waals surface area contributed by atoms with Crippen LogP contribution < -0.4 is 5.73 Å². The van der Waals surface area contributed by atoms with Crippen molar-refractivity contribution in [3.05, 3.63) is 36.2 Å². The van der Waals surface area contributed by atoms with Crippen molar-refractivity contribution in [2.24, 2.45) is 0 Å². The Balaban J connectivity index is 1.63. The maximum absolute atomic E-state index is 12.1. The van der Waals surface area contributed by atoms with Crippen LogP contribution in [0.5, 0.6) is 0 Å². The summed E-state index contributed by atoms with van der Waals surface area (Å²) in [5.41, 5.74) is 8.72. The molecule has 0 aliphatic heterocycles. The number of ether oxygens (including phenoxy) is 1. The maximum Gasteiger partial charge on any atom is 0.410 e. The highest BCUT2D eigenvalue weighted by Gasteiger charge is 2.24. The van der Waals surface area contributed by atoms with Gasteiger partial charge in [0.1, 0.15) is 18.6 Å². The van der Waals surface area contributed by atoms with Gasteiger partial charge in [-0.15, -0.1) is 0 Å². The second kappa shape index (κ2) is 6.73. The van der Waals surface area contributed by atoms with Crippen LogP contribution in [0.1, 0.15) is 31.4 Å². The van der Waals surface area contributed by atoms with Gasteiger partial charge in [0, 0.05) is 24.3 Å². The molecule has 1 aromatic heterocycles. The van der Waals surface area contributed by atoms with Crippen LogP contribution in [0.25, 0.3) is 11.1 Å². The lowest BCUT2D eigenvalue weighted by Crippen LogP contribution is -2.35. The number of hydrogen-bond acceptors (Lipinski definition) is 5. The van der Waals surface area contributed by atoms with Gasteiger partial charge >= 0.3 is 6.09 Å². The number of benzene rings is 1. The van der Waals surface area contributed by atoms with Gasteiger partial charge in [-0.3, -0.25) is 0 Å². The van der Waals surface area contributed by atoms with E-state index in [0.717, 1.165) is 24.0 Å². The number of hydrogen-bond donors (Lipinski definition) is 1. The van der Waals surface area contributed by atoms with E-state index in [0.29, 0.717) is 11.4 Å². The Hall–Kier alpha value is -2.50. The molecule has 1 aliphatic carbocycles. The molecule has 6 heteroatoms. The van der Waals surface area contributed by atoms with Gasteiger partial charge in [0.05, 0.1) is 0 Å². The molecule has 3 rings (SSSR count). The van der Waals surface area contributed by atoms with E-state index < -0.39 is 0 Å². The highest BCUT2D eigenvalue weighted by Crippen LogP contribution is 2.26. The monoisotopic (exact) mass is 315 g/mol. The fraction of sp³-hybridized carbons (Fsp3) is 0.412. The minimum absolute atomic E-state index is 0.0894. The molecule has 0 spiro atoms. The molecule has 0 atom stereocenters. The van der Waals surface area contributed by atoms with Crippen LogP contribution in [0.4, 0.5) is 10.5 Å². The second-order valence-electron chi connectivity index (χ2n) is 5.90. The van der Waals surface area contributed by atoms with Gasteiger partial charge in [-0.1, -0.05) is 30.1 Å². The van der Waals surface area contributed by atoms with E-state index in [1.165, 1.54) is 12.8 Å². The van der Waals surface area contributed by atoms with Crippen molar-refractivity contribution in [1.82, 2.24) is 10.1 Å². The summed E-state index contributed by atoms with van der Waals surface area (Å²) in [5.74, 6) is 0. The van der Waals surface area contributed by atoms with Gasteiger partial charge in [-0.05, 0) is 30.5 Å². The highest BCUT2D eigenvalue weighted by atomic mass is 16.6. The summed E-state index contributed by atoms with van der Waals surface area (Å²) in [4.78, 5) is 13.8. The van der Waals surface area contributed by atoms with Crippen LogP contribution in [0.3, 0.4) is 0 Å². The van der Waals surface area contributed by atoms with Crippen molar-refractivity contribution in [3.63, 3.8) is 0 Å². The first kappa shape index (κ1) is 15.4. The van der Waals surface area contributed by atoms with Crippen LogP contribution in [-0.2, 0) is 11.3 Å². The van der Waals surface area contributed by atoms with Crippen LogP contribution in [0.15, 0.2) is 35.1 Å². The SMILES string of the molecule is CN(C(=O)OCc1nocc1-c1ccc(N)cc1)C1CCCC1. The standard InChI is InChI=1S/C17H21N3O3/c1-20(14-4-2-3-5-14)17(21)22-11-16-15(10-23-19-16)12-6-8-13(18)9-7-12/h6-10,14H,2-5,11,18H2,1H3. The summed E-state index contributed by atoms with van der Waals surface area (Å²) < 4.78 is 10.4. The fourth-order valence-corrected chi connectivity index (χ4v) is 2.93. The number of aromatic nitrogens is 1. The van der Waals surface area contributed by atoms with E-state index >= 15 is 0 Å². The van der Waals surface area contributed by atoms with Crippen molar-refractivity contribution in [2.45, 2.75) is 38.3 Å². The summed E-state index contributed by atoms with van der Waals surface area (Å²) in [6.45, 7) is 0.0894. The average Bonchev–Trinajstić information content (AvgIpc) is 3.24. The number of anilines is 1. The van der Waals surface area contributed by atoms with E-state index in [2.05, 4.69) is 5.16 Å². The largest absolute Gasteiger partial charge is 0.443 e. The van der Waals surface area contributed by atoms with Crippen molar-refractivity contribution in [3.8, 4) is 11.1 Å². The summed E-state index contributed by atoms with van der Waals surface area (Å²) in [6, 6.07) is 7.68. The summed E-state index contributed by atoms with van der Waals surface area (Å²) in [5, 5.41) is 3.94. The Morgan fingerprint density at radius 2 is 2.04 bits per heavy atom. The summed E-state index contributed by atoms with van der Waals surface area (Å²) in [7, 11) is 1.79. The van der Waals surface area contributed by atoms with E-state index in [1.807, 2.05) is 24.3 Å². The summed E-state index contributed by atoms with van der Waals surface area (Å²) in [6.07, 6.45) is 5.68. The Kier molecular flexibility index (Phi) is 4.50. The number of rotatable bonds is 4. The molecule has 1 saturated carbocycles. The number of nitrogens with two attached hydrogens (primary N) is 1. The first-order chi connectivity index (χ1) is 11.1. The number of amides is 1. The van der Waals surface area contributed by atoms with Gasteiger partial charge in [0.25, 0.3) is 0 Å². The van der Waals surface area contributed by atoms with Crippen molar-refractivity contribution >= 4 is 11.8 Å². The third-order valence-electron chi connectivity index (χ3n) is 4.36. The molecule has 1 heterocycles. The van der Waals surface area contributed by atoms with Crippen molar-refractivity contribution in [1.29, 1.82) is 0 Å². The van der Waals surface area contributed by atoms with Crippen molar-refractivity contribution < 1.29 is 14.1 Å². The molecular weight excluding hydrogens is 294 g/mol. The molecule has 0 radical (unpaired) electrons. The lowest BCUT2D eigenvalue weighted by molar-refractivity contribution is 0.0900. The first-order valence-electron chi connectivity index (χ1n) is 7.84. The number of nitrogens with zero attached hydrogens (tertiary/aromatic N) is 2. The zero-order valence-electron chi connectivity index (χ0n) is 13.2. The lowest BCUT2D eigenvalue weighted by atomic mass is 10.1. The van der Waals surface area contributed by atoms with E-state index in [9.17, 15) is 4.79 Å². The topological polar surface area (TPSA) is 81.6 Å². The lowest BCUT2D eigenvalue weighted by Gasteiger charge is -2.23. The zero-order valence-corrected chi connectivity index (χ0v) is 13.2. The fourth-order valence-electron chi connectivity index (χ4n) is 2.93. The smallest absolute Gasteiger partial charge is 0.410 e.